The largest absolute Gasteiger partial charge is 0.454 e. The number of hydrogen-bond donors (Lipinski definition) is 0. The quantitative estimate of drug-likeness (QED) is 0.732. The molecule has 3 heteroatoms. The molecule has 0 N–H and O–H groups in total. The summed E-state index contributed by atoms with van der Waals surface area (Å²) >= 11 is 0. The van der Waals surface area contributed by atoms with Crippen LogP contribution >= 0.6 is 0 Å². The molecule has 0 aliphatic heterocycles. The first-order chi connectivity index (χ1) is 9.79. The fourth-order valence-electron chi connectivity index (χ4n) is 2.03. The van der Waals surface area contributed by atoms with E-state index in [4.69, 9.17) is 4.74 Å². The van der Waals surface area contributed by atoms with Gasteiger partial charge in [-0.1, -0.05) is 39.0 Å². The van der Waals surface area contributed by atoms with Crippen molar-refractivity contribution in [3.05, 3.63) is 59.4 Å². The molecule has 0 heterocycles. The number of benzene rings is 2. The van der Waals surface area contributed by atoms with Crippen molar-refractivity contribution < 1.29 is 13.9 Å². The minimum absolute atomic E-state index is 0.0199. The molecule has 0 radical (unpaired) electrons. The number of ketones is 1. The molecule has 21 heavy (non-hydrogen) atoms. The third kappa shape index (κ3) is 3.48. The van der Waals surface area contributed by atoms with Gasteiger partial charge < -0.3 is 4.74 Å². The highest BCUT2D eigenvalue weighted by molar-refractivity contribution is 5.96. The van der Waals surface area contributed by atoms with E-state index >= 15 is 0 Å². The average Bonchev–Trinajstić information content (AvgIpc) is 2.40. The van der Waals surface area contributed by atoms with Crippen LogP contribution in [0.1, 0.15) is 43.6 Å². The fraction of sp³-hybridized carbons (Fsp3) is 0.278. The summed E-state index contributed by atoms with van der Waals surface area (Å²) in [6.07, 6.45) is 0. The highest BCUT2D eigenvalue weighted by Crippen LogP contribution is 2.30. The summed E-state index contributed by atoms with van der Waals surface area (Å²) in [6.45, 7) is 7.75. The Morgan fingerprint density at radius 2 is 1.67 bits per heavy atom. The zero-order valence-corrected chi connectivity index (χ0v) is 12.7. The summed E-state index contributed by atoms with van der Waals surface area (Å²) in [5, 5.41) is 0. The number of Topliss-reactive ketones (excluding diaryl/α,β-unsaturated/α-hetero) is 1. The average molecular weight is 286 g/mol. The van der Waals surface area contributed by atoms with Crippen LogP contribution in [-0.4, -0.2) is 5.78 Å². The SMILES string of the molecule is CC(=O)c1cccc(F)c1Oc1ccc(C(C)(C)C)cc1. The van der Waals surface area contributed by atoms with E-state index in [1.807, 2.05) is 12.1 Å². The lowest BCUT2D eigenvalue weighted by atomic mass is 9.87. The molecule has 2 rings (SSSR count). The third-order valence-electron chi connectivity index (χ3n) is 3.29. The summed E-state index contributed by atoms with van der Waals surface area (Å²) in [7, 11) is 0. The Kier molecular flexibility index (Phi) is 4.12. The van der Waals surface area contributed by atoms with E-state index in [0.29, 0.717) is 5.75 Å². The summed E-state index contributed by atoms with van der Waals surface area (Å²) < 4.78 is 19.5. The Bertz CT molecular complexity index is 652. The Hall–Kier alpha value is -2.16. The molecule has 2 aromatic rings. The molecule has 0 bridgehead atoms. The van der Waals surface area contributed by atoms with E-state index in [1.54, 1.807) is 18.2 Å². The van der Waals surface area contributed by atoms with E-state index in [0.717, 1.165) is 5.56 Å². The van der Waals surface area contributed by atoms with Crippen molar-refractivity contribution >= 4 is 5.78 Å². The highest BCUT2D eigenvalue weighted by atomic mass is 19.1. The van der Waals surface area contributed by atoms with Gasteiger partial charge in [0.05, 0.1) is 5.56 Å². The Morgan fingerprint density at radius 3 is 2.19 bits per heavy atom. The van der Waals surface area contributed by atoms with E-state index in [1.165, 1.54) is 19.1 Å². The summed E-state index contributed by atoms with van der Waals surface area (Å²) in [4.78, 5) is 11.5. The fourth-order valence-corrected chi connectivity index (χ4v) is 2.03. The number of hydrogen-bond acceptors (Lipinski definition) is 2. The van der Waals surface area contributed by atoms with Gasteiger partial charge in [-0.3, -0.25) is 4.79 Å². The lowest BCUT2D eigenvalue weighted by Crippen LogP contribution is -2.10. The number of para-hydroxylation sites is 1. The van der Waals surface area contributed by atoms with E-state index < -0.39 is 5.82 Å². The van der Waals surface area contributed by atoms with Gasteiger partial charge in [0, 0.05) is 0 Å². The molecule has 0 amide bonds. The van der Waals surface area contributed by atoms with Crippen LogP contribution < -0.4 is 4.74 Å². The van der Waals surface area contributed by atoms with Crippen molar-refractivity contribution in [1.29, 1.82) is 0 Å². The minimum atomic E-state index is -0.539. The van der Waals surface area contributed by atoms with Crippen molar-refractivity contribution in [2.24, 2.45) is 0 Å². The number of carbonyl (C=O) groups excluding carboxylic acids is 1. The third-order valence-corrected chi connectivity index (χ3v) is 3.29. The smallest absolute Gasteiger partial charge is 0.173 e. The molecule has 0 spiro atoms. The lowest BCUT2D eigenvalue weighted by Gasteiger charge is -2.19. The van der Waals surface area contributed by atoms with Gasteiger partial charge in [-0.25, -0.2) is 4.39 Å². The van der Waals surface area contributed by atoms with E-state index in [-0.39, 0.29) is 22.5 Å². The topological polar surface area (TPSA) is 26.3 Å². The molecule has 0 unspecified atom stereocenters. The Balaban J connectivity index is 2.33. The molecular formula is C18H19FO2. The van der Waals surface area contributed by atoms with Gasteiger partial charge in [-0.05, 0) is 42.2 Å². The number of ether oxygens (including phenoxy) is 1. The molecular weight excluding hydrogens is 267 g/mol. The summed E-state index contributed by atoms with van der Waals surface area (Å²) in [5.41, 5.74) is 1.45. The molecule has 0 saturated heterocycles. The number of rotatable bonds is 3. The van der Waals surface area contributed by atoms with Crippen molar-refractivity contribution in [2.45, 2.75) is 33.1 Å². The maximum absolute atomic E-state index is 13.9. The van der Waals surface area contributed by atoms with Crippen LogP contribution in [0.25, 0.3) is 0 Å². The van der Waals surface area contributed by atoms with Crippen LogP contribution in [0.3, 0.4) is 0 Å². The Morgan fingerprint density at radius 1 is 1.05 bits per heavy atom. The van der Waals surface area contributed by atoms with Crippen LogP contribution in [0, 0.1) is 5.82 Å². The van der Waals surface area contributed by atoms with Gasteiger partial charge in [0.2, 0.25) is 0 Å². The highest BCUT2D eigenvalue weighted by Gasteiger charge is 2.16. The maximum Gasteiger partial charge on any atom is 0.173 e. The van der Waals surface area contributed by atoms with Gasteiger partial charge in [-0.2, -0.15) is 0 Å². The second-order valence-corrected chi connectivity index (χ2v) is 6.05. The molecule has 110 valence electrons. The van der Waals surface area contributed by atoms with Crippen molar-refractivity contribution in [2.75, 3.05) is 0 Å². The van der Waals surface area contributed by atoms with Crippen LogP contribution in [-0.2, 0) is 5.41 Å². The molecule has 0 saturated carbocycles. The van der Waals surface area contributed by atoms with Gasteiger partial charge >= 0.3 is 0 Å². The molecule has 0 aliphatic rings. The maximum atomic E-state index is 13.9. The molecule has 0 aromatic heterocycles. The van der Waals surface area contributed by atoms with Gasteiger partial charge in [-0.15, -0.1) is 0 Å². The molecule has 0 fully saturated rings. The first kappa shape index (κ1) is 15.2. The van der Waals surface area contributed by atoms with Crippen LogP contribution in [0.2, 0.25) is 0 Å². The van der Waals surface area contributed by atoms with Gasteiger partial charge in [0.1, 0.15) is 5.75 Å². The number of halogens is 1. The van der Waals surface area contributed by atoms with Crippen LogP contribution in [0.15, 0.2) is 42.5 Å². The Labute approximate surface area is 124 Å². The number of carbonyl (C=O) groups is 1. The van der Waals surface area contributed by atoms with E-state index in [9.17, 15) is 9.18 Å². The second-order valence-electron chi connectivity index (χ2n) is 6.05. The zero-order chi connectivity index (χ0) is 15.6. The first-order valence-electron chi connectivity index (χ1n) is 6.87. The van der Waals surface area contributed by atoms with Gasteiger partial charge in [0.25, 0.3) is 0 Å². The zero-order valence-electron chi connectivity index (χ0n) is 12.7. The molecule has 2 nitrogen and oxygen atoms in total. The van der Waals surface area contributed by atoms with Crippen LogP contribution in [0.4, 0.5) is 4.39 Å². The molecule has 2 aromatic carbocycles. The van der Waals surface area contributed by atoms with Crippen LogP contribution in [0.5, 0.6) is 11.5 Å². The van der Waals surface area contributed by atoms with Crippen molar-refractivity contribution in [3.63, 3.8) is 0 Å². The van der Waals surface area contributed by atoms with E-state index in [2.05, 4.69) is 20.8 Å². The summed E-state index contributed by atoms with van der Waals surface area (Å²) in [6, 6.07) is 11.8. The summed E-state index contributed by atoms with van der Waals surface area (Å²) in [5.74, 6) is -0.275. The monoisotopic (exact) mass is 286 g/mol. The minimum Gasteiger partial charge on any atom is -0.454 e. The lowest BCUT2D eigenvalue weighted by molar-refractivity contribution is 0.101. The standard InChI is InChI=1S/C18H19FO2/c1-12(20)15-6-5-7-16(19)17(15)21-14-10-8-13(9-11-14)18(2,3)4/h5-11H,1-4H3. The van der Waals surface area contributed by atoms with Gasteiger partial charge in [0.15, 0.2) is 17.3 Å². The molecule has 0 aliphatic carbocycles. The normalized spacial score (nSPS) is 11.3. The predicted molar refractivity (Wildman–Crippen MR) is 81.6 cm³/mol. The molecule has 0 atom stereocenters. The predicted octanol–water partition coefficient (Wildman–Crippen LogP) is 5.12. The van der Waals surface area contributed by atoms with Crippen molar-refractivity contribution in [3.8, 4) is 11.5 Å². The van der Waals surface area contributed by atoms with Crippen molar-refractivity contribution in [1.82, 2.24) is 0 Å². The first-order valence-corrected chi connectivity index (χ1v) is 6.87. The second kappa shape index (κ2) is 5.68.